The molecular weight excluding hydrogens is 244 g/mol. The van der Waals surface area contributed by atoms with Crippen LogP contribution in [0.2, 0.25) is 0 Å². The summed E-state index contributed by atoms with van der Waals surface area (Å²) in [4.78, 5) is 2.25. The van der Waals surface area contributed by atoms with Crippen LogP contribution in [0, 0.1) is 0 Å². The second-order valence-corrected chi connectivity index (χ2v) is 5.17. The van der Waals surface area contributed by atoms with E-state index in [1.54, 1.807) is 12.1 Å². The molecule has 5 heteroatoms. The topological polar surface area (TPSA) is 65.0 Å². The first-order valence-corrected chi connectivity index (χ1v) is 6.61. The molecule has 3 N–H and O–H groups in total. The Morgan fingerprint density at radius 1 is 1.37 bits per heavy atom. The molecule has 0 spiro atoms. The summed E-state index contributed by atoms with van der Waals surface area (Å²) in [5.74, 6) is 0.162. The van der Waals surface area contributed by atoms with Gasteiger partial charge in [0.1, 0.15) is 11.5 Å². The van der Waals surface area contributed by atoms with Crippen molar-refractivity contribution < 1.29 is 14.9 Å². The minimum atomic E-state index is 0.0498. The van der Waals surface area contributed by atoms with Crippen LogP contribution >= 0.6 is 0 Å². The SMILES string of the molecule is CC(NCC1CN(C)CCO1)c1cc(O)cc(O)c1. The maximum atomic E-state index is 9.48. The van der Waals surface area contributed by atoms with E-state index < -0.39 is 0 Å². The van der Waals surface area contributed by atoms with E-state index in [0.717, 1.165) is 31.8 Å². The number of likely N-dealkylation sites (N-methyl/N-ethyl adjacent to an activating group) is 1. The lowest BCUT2D eigenvalue weighted by molar-refractivity contribution is -0.0190. The summed E-state index contributed by atoms with van der Waals surface area (Å²) in [5, 5.41) is 22.3. The minimum Gasteiger partial charge on any atom is -0.508 e. The third-order valence-electron chi connectivity index (χ3n) is 3.42. The van der Waals surface area contributed by atoms with Crippen LogP contribution in [-0.2, 0) is 4.74 Å². The van der Waals surface area contributed by atoms with Crippen LogP contribution in [0.4, 0.5) is 0 Å². The van der Waals surface area contributed by atoms with Crippen molar-refractivity contribution in [2.75, 3.05) is 33.3 Å². The first kappa shape index (κ1) is 14.1. The molecule has 0 aliphatic carbocycles. The van der Waals surface area contributed by atoms with Gasteiger partial charge in [0.2, 0.25) is 0 Å². The molecule has 106 valence electrons. The molecule has 2 rings (SSSR count). The zero-order valence-corrected chi connectivity index (χ0v) is 11.5. The van der Waals surface area contributed by atoms with E-state index in [4.69, 9.17) is 4.74 Å². The summed E-state index contributed by atoms with van der Waals surface area (Å²) in [5.41, 5.74) is 0.863. The largest absolute Gasteiger partial charge is 0.508 e. The van der Waals surface area contributed by atoms with E-state index in [2.05, 4.69) is 17.3 Å². The van der Waals surface area contributed by atoms with Gasteiger partial charge >= 0.3 is 0 Å². The summed E-state index contributed by atoms with van der Waals surface area (Å²) in [7, 11) is 2.09. The van der Waals surface area contributed by atoms with Gasteiger partial charge in [-0.1, -0.05) is 0 Å². The highest BCUT2D eigenvalue weighted by atomic mass is 16.5. The second-order valence-electron chi connectivity index (χ2n) is 5.17. The predicted molar refractivity (Wildman–Crippen MR) is 73.4 cm³/mol. The Hall–Kier alpha value is -1.30. The van der Waals surface area contributed by atoms with E-state index in [1.165, 1.54) is 6.07 Å². The maximum absolute atomic E-state index is 9.48. The smallest absolute Gasteiger partial charge is 0.119 e. The monoisotopic (exact) mass is 266 g/mol. The number of morpholine rings is 1. The molecule has 2 unspecified atom stereocenters. The number of ether oxygens (including phenoxy) is 1. The van der Waals surface area contributed by atoms with Crippen LogP contribution in [-0.4, -0.2) is 54.5 Å². The number of nitrogens with zero attached hydrogens (tertiary/aromatic N) is 1. The minimum absolute atomic E-state index is 0.0498. The van der Waals surface area contributed by atoms with E-state index >= 15 is 0 Å². The number of benzene rings is 1. The van der Waals surface area contributed by atoms with Gasteiger partial charge in [0.25, 0.3) is 0 Å². The predicted octanol–water partition coefficient (Wildman–Crippen LogP) is 1.08. The molecule has 1 fully saturated rings. The van der Waals surface area contributed by atoms with Crippen LogP contribution in [0.3, 0.4) is 0 Å². The summed E-state index contributed by atoms with van der Waals surface area (Å²) < 4.78 is 5.68. The number of phenols is 2. The zero-order valence-electron chi connectivity index (χ0n) is 11.5. The lowest BCUT2D eigenvalue weighted by atomic mass is 10.1. The van der Waals surface area contributed by atoms with Gasteiger partial charge in [-0.25, -0.2) is 0 Å². The molecule has 1 saturated heterocycles. The molecule has 0 saturated carbocycles. The van der Waals surface area contributed by atoms with E-state index in [9.17, 15) is 10.2 Å². The van der Waals surface area contributed by atoms with Crippen LogP contribution in [0.15, 0.2) is 18.2 Å². The lowest BCUT2D eigenvalue weighted by Crippen LogP contribution is -2.45. The molecule has 0 amide bonds. The van der Waals surface area contributed by atoms with Gasteiger partial charge in [-0.15, -0.1) is 0 Å². The van der Waals surface area contributed by atoms with Crippen LogP contribution in [0.1, 0.15) is 18.5 Å². The van der Waals surface area contributed by atoms with Crippen molar-refractivity contribution in [3.8, 4) is 11.5 Å². The molecule has 2 atom stereocenters. The molecule has 0 aromatic heterocycles. The van der Waals surface area contributed by atoms with E-state index in [-0.39, 0.29) is 23.6 Å². The molecule has 1 aliphatic heterocycles. The fourth-order valence-electron chi connectivity index (χ4n) is 2.28. The van der Waals surface area contributed by atoms with Crippen LogP contribution in [0.5, 0.6) is 11.5 Å². The summed E-state index contributed by atoms with van der Waals surface area (Å²) in [6, 6.07) is 4.69. The third kappa shape index (κ3) is 4.09. The van der Waals surface area contributed by atoms with Gasteiger partial charge < -0.3 is 25.2 Å². The standard InChI is InChI=1S/C14H22N2O3/c1-10(11-5-12(17)7-13(18)6-11)15-8-14-9-16(2)3-4-19-14/h5-7,10,14-15,17-18H,3-4,8-9H2,1-2H3. The Labute approximate surface area is 113 Å². The Kier molecular flexibility index (Phi) is 4.63. The maximum Gasteiger partial charge on any atom is 0.119 e. The number of phenolic OH excluding ortho intramolecular Hbond substituents is 2. The number of rotatable bonds is 4. The van der Waals surface area contributed by atoms with Crippen molar-refractivity contribution >= 4 is 0 Å². The molecule has 1 aromatic carbocycles. The van der Waals surface area contributed by atoms with E-state index in [0.29, 0.717) is 0 Å². The summed E-state index contributed by atoms with van der Waals surface area (Å²) in [6.45, 7) is 5.42. The molecule has 19 heavy (non-hydrogen) atoms. The molecule has 1 aromatic rings. The van der Waals surface area contributed by atoms with Crippen molar-refractivity contribution in [2.45, 2.75) is 19.1 Å². The third-order valence-corrected chi connectivity index (χ3v) is 3.42. The number of hydrogen-bond acceptors (Lipinski definition) is 5. The fraction of sp³-hybridized carbons (Fsp3) is 0.571. The van der Waals surface area contributed by atoms with Crippen molar-refractivity contribution in [3.05, 3.63) is 23.8 Å². The average Bonchev–Trinajstić information content (AvgIpc) is 2.35. The zero-order chi connectivity index (χ0) is 13.8. The van der Waals surface area contributed by atoms with Gasteiger partial charge in [0.15, 0.2) is 0 Å². The Balaban J connectivity index is 1.88. The van der Waals surface area contributed by atoms with Crippen LogP contribution in [0.25, 0.3) is 0 Å². The quantitative estimate of drug-likeness (QED) is 0.761. The highest BCUT2D eigenvalue weighted by Gasteiger charge is 2.18. The molecule has 5 nitrogen and oxygen atoms in total. The first-order valence-electron chi connectivity index (χ1n) is 6.61. The van der Waals surface area contributed by atoms with Gasteiger partial charge in [0.05, 0.1) is 12.7 Å². The van der Waals surface area contributed by atoms with Gasteiger partial charge in [-0.2, -0.15) is 0 Å². The van der Waals surface area contributed by atoms with Crippen molar-refractivity contribution in [1.29, 1.82) is 0 Å². The number of aromatic hydroxyl groups is 2. The van der Waals surface area contributed by atoms with Gasteiger partial charge in [-0.3, -0.25) is 0 Å². The van der Waals surface area contributed by atoms with E-state index in [1.807, 2.05) is 6.92 Å². The first-order chi connectivity index (χ1) is 9.04. The van der Waals surface area contributed by atoms with Crippen molar-refractivity contribution in [1.82, 2.24) is 10.2 Å². The molecule has 1 aliphatic rings. The average molecular weight is 266 g/mol. The Morgan fingerprint density at radius 2 is 2.05 bits per heavy atom. The highest BCUT2D eigenvalue weighted by molar-refractivity contribution is 5.37. The van der Waals surface area contributed by atoms with Crippen LogP contribution < -0.4 is 5.32 Å². The Morgan fingerprint density at radius 3 is 2.68 bits per heavy atom. The number of hydrogen-bond donors (Lipinski definition) is 3. The van der Waals surface area contributed by atoms with Gasteiger partial charge in [-0.05, 0) is 31.7 Å². The van der Waals surface area contributed by atoms with Crippen molar-refractivity contribution in [3.63, 3.8) is 0 Å². The number of nitrogens with one attached hydrogen (secondary N) is 1. The lowest BCUT2D eigenvalue weighted by Gasteiger charge is -2.31. The molecule has 0 radical (unpaired) electrons. The van der Waals surface area contributed by atoms with Gasteiger partial charge in [0, 0.05) is 31.7 Å². The highest BCUT2D eigenvalue weighted by Crippen LogP contribution is 2.24. The molecular formula is C14H22N2O3. The summed E-state index contributed by atoms with van der Waals surface area (Å²) in [6.07, 6.45) is 0.187. The Bertz CT molecular complexity index is 405. The molecule has 1 heterocycles. The fourth-order valence-corrected chi connectivity index (χ4v) is 2.28. The van der Waals surface area contributed by atoms with Crippen molar-refractivity contribution in [2.24, 2.45) is 0 Å². The normalized spacial score (nSPS) is 22.3. The summed E-state index contributed by atoms with van der Waals surface area (Å²) >= 11 is 0. The molecule has 0 bridgehead atoms. The second kappa shape index (κ2) is 6.23.